The summed E-state index contributed by atoms with van der Waals surface area (Å²) in [6.45, 7) is 7.21. The van der Waals surface area contributed by atoms with E-state index in [2.05, 4.69) is 208 Å². The summed E-state index contributed by atoms with van der Waals surface area (Å²) in [5.74, 6) is 0. The van der Waals surface area contributed by atoms with E-state index in [1.807, 2.05) is 0 Å². The highest BCUT2D eigenvalue weighted by molar-refractivity contribution is 5.99. The van der Waals surface area contributed by atoms with E-state index in [1.54, 1.807) is 0 Å². The molecule has 0 saturated carbocycles. The van der Waals surface area contributed by atoms with Crippen LogP contribution >= 0.6 is 0 Å². The third-order valence-electron chi connectivity index (χ3n) is 12.0. The van der Waals surface area contributed by atoms with Crippen LogP contribution in [0.1, 0.15) is 48.6 Å². The van der Waals surface area contributed by atoms with Crippen molar-refractivity contribution in [3.05, 3.63) is 210 Å². The Morgan fingerprint density at radius 1 is 0.385 bits per heavy atom. The number of rotatable bonds is 5. The largest absolute Gasteiger partial charge is 0.310 e. The third-order valence-corrected chi connectivity index (χ3v) is 12.0. The molecule has 8 aromatic carbocycles. The van der Waals surface area contributed by atoms with Crippen molar-refractivity contribution in [1.29, 1.82) is 0 Å². The first kappa shape index (κ1) is 30.6. The highest BCUT2D eigenvalue weighted by atomic mass is 15.1. The van der Waals surface area contributed by atoms with E-state index in [-0.39, 0.29) is 10.8 Å². The fourth-order valence-electron chi connectivity index (χ4n) is 9.20. The van der Waals surface area contributed by atoms with Gasteiger partial charge in [0.25, 0.3) is 0 Å². The monoisotopic (exact) mass is 665 g/mol. The van der Waals surface area contributed by atoms with Gasteiger partial charge in [-0.25, -0.2) is 0 Å². The van der Waals surface area contributed by atoms with Crippen molar-refractivity contribution in [2.75, 3.05) is 4.90 Å². The van der Waals surface area contributed by atoms with E-state index >= 15 is 0 Å². The lowest BCUT2D eigenvalue weighted by Gasteiger charge is -2.30. The maximum atomic E-state index is 2.51. The van der Waals surface area contributed by atoms with Crippen molar-refractivity contribution >= 4 is 27.8 Å². The van der Waals surface area contributed by atoms with Crippen LogP contribution in [0.15, 0.2) is 182 Å². The number of para-hydroxylation sites is 1. The lowest BCUT2D eigenvalue weighted by molar-refractivity contribution is 0.652. The smallest absolute Gasteiger partial charge is 0.0540 e. The molecule has 8 aromatic rings. The summed E-state index contributed by atoms with van der Waals surface area (Å²) < 4.78 is 0. The maximum absolute atomic E-state index is 2.51. The minimum atomic E-state index is -0.209. The van der Waals surface area contributed by atoms with Crippen LogP contribution in [0.3, 0.4) is 0 Å². The second kappa shape index (κ2) is 11.4. The summed E-state index contributed by atoms with van der Waals surface area (Å²) in [6, 6.07) is 67.2. The Hall–Kier alpha value is -6.18. The second-order valence-corrected chi connectivity index (χ2v) is 15.1. The van der Waals surface area contributed by atoms with Gasteiger partial charge in [-0.2, -0.15) is 0 Å². The molecule has 248 valence electrons. The van der Waals surface area contributed by atoms with Crippen LogP contribution in [-0.2, 0) is 10.8 Å². The number of anilines is 3. The van der Waals surface area contributed by atoms with Gasteiger partial charge in [0.15, 0.2) is 0 Å². The molecule has 0 atom stereocenters. The van der Waals surface area contributed by atoms with Gasteiger partial charge in [-0.1, -0.05) is 159 Å². The zero-order valence-corrected chi connectivity index (χ0v) is 29.8. The van der Waals surface area contributed by atoms with Gasteiger partial charge in [0.1, 0.15) is 0 Å². The van der Waals surface area contributed by atoms with E-state index in [4.69, 9.17) is 0 Å². The predicted molar refractivity (Wildman–Crippen MR) is 219 cm³/mol. The van der Waals surface area contributed by atoms with Crippen LogP contribution in [0.2, 0.25) is 0 Å². The number of hydrogen-bond donors (Lipinski definition) is 0. The molecule has 0 spiro atoms. The van der Waals surface area contributed by atoms with Crippen molar-refractivity contribution in [2.24, 2.45) is 0 Å². The number of benzene rings is 8. The Morgan fingerprint density at radius 2 is 0.923 bits per heavy atom. The van der Waals surface area contributed by atoms with Gasteiger partial charge in [-0.15, -0.1) is 0 Å². The average molecular weight is 666 g/mol. The molecule has 2 aliphatic carbocycles. The van der Waals surface area contributed by atoms with Crippen molar-refractivity contribution in [1.82, 2.24) is 0 Å². The highest BCUT2D eigenvalue weighted by Gasteiger charge is 2.43. The van der Waals surface area contributed by atoms with Crippen molar-refractivity contribution in [3.63, 3.8) is 0 Å². The molecule has 1 nitrogen and oxygen atoms in total. The van der Waals surface area contributed by atoms with Gasteiger partial charge in [0.05, 0.1) is 5.69 Å². The molecular formula is C51H39N. The first-order chi connectivity index (χ1) is 25.4. The Bertz CT molecular complexity index is 2610. The Kier molecular flexibility index (Phi) is 6.73. The number of fused-ring (bicyclic) bond motifs is 7. The highest BCUT2D eigenvalue weighted by Crippen LogP contribution is 2.55. The molecule has 0 aromatic heterocycles. The lowest BCUT2D eigenvalue weighted by atomic mass is 9.72. The molecule has 2 aliphatic rings. The molecule has 1 heteroatoms. The second-order valence-electron chi connectivity index (χ2n) is 15.1. The predicted octanol–water partition coefficient (Wildman–Crippen LogP) is 13.6. The summed E-state index contributed by atoms with van der Waals surface area (Å²) >= 11 is 0. The standard InChI is InChI=1S/C51H39N/c1-50(2)47-32-36(34-24-28-39(29-25-34)52(38-16-5-4-6-17-38)49-23-13-15-35-14-7-8-18-40(35)49)26-30-43(47)44-31-27-37(33-48(44)50)51(3)45-21-11-9-19-41(45)42-20-10-12-22-46(42)51/h4-33H,1-3H3. The zero-order valence-electron chi connectivity index (χ0n) is 29.8. The molecule has 10 rings (SSSR count). The summed E-state index contributed by atoms with van der Waals surface area (Å²) in [5, 5.41) is 2.47. The summed E-state index contributed by atoms with van der Waals surface area (Å²) in [4.78, 5) is 2.37. The Labute approximate surface area is 306 Å². The van der Waals surface area contributed by atoms with E-state index in [0.717, 1.165) is 11.4 Å². The van der Waals surface area contributed by atoms with Crippen molar-refractivity contribution in [2.45, 2.75) is 31.6 Å². The van der Waals surface area contributed by atoms with Crippen LogP contribution in [0.4, 0.5) is 17.1 Å². The van der Waals surface area contributed by atoms with Gasteiger partial charge in [0.2, 0.25) is 0 Å². The molecule has 0 radical (unpaired) electrons. The zero-order chi connectivity index (χ0) is 35.0. The quantitative estimate of drug-likeness (QED) is 0.177. The molecule has 52 heavy (non-hydrogen) atoms. The van der Waals surface area contributed by atoms with Gasteiger partial charge >= 0.3 is 0 Å². The minimum absolute atomic E-state index is 0.136. The van der Waals surface area contributed by atoms with Crippen LogP contribution in [0.25, 0.3) is 44.2 Å². The summed E-state index contributed by atoms with van der Waals surface area (Å²) in [6.07, 6.45) is 0. The molecule has 0 fully saturated rings. The first-order valence-electron chi connectivity index (χ1n) is 18.4. The SMILES string of the molecule is CC1(C)c2cc(-c3ccc(N(c4ccccc4)c4cccc5ccccc45)cc3)ccc2-c2ccc(C3(C)c4ccccc4-c4ccccc43)cc21. The van der Waals surface area contributed by atoms with Crippen LogP contribution in [0, 0.1) is 0 Å². The normalized spacial score (nSPS) is 14.4. The molecule has 0 amide bonds. The minimum Gasteiger partial charge on any atom is -0.310 e. The lowest BCUT2D eigenvalue weighted by Crippen LogP contribution is -2.24. The fraction of sp³-hybridized carbons (Fsp3) is 0.0980. The first-order valence-corrected chi connectivity index (χ1v) is 18.4. The van der Waals surface area contributed by atoms with E-state index in [1.165, 1.54) is 77.7 Å². The van der Waals surface area contributed by atoms with Crippen LogP contribution < -0.4 is 4.90 Å². The van der Waals surface area contributed by atoms with E-state index in [0.29, 0.717) is 0 Å². The topological polar surface area (TPSA) is 3.24 Å². The van der Waals surface area contributed by atoms with Gasteiger partial charge in [-0.05, 0) is 110 Å². The van der Waals surface area contributed by atoms with Crippen LogP contribution in [0.5, 0.6) is 0 Å². The maximum Gasteiger partial charge on any atom is 0.0540 e. The van der Waals surface area contributed by atoms with Gasteiger partial charge in [-0.3, -0.25) is 0 Å². The van der Waals surface area contributed by atoms with E-state index in [9.17, 15) is 0 Å². The summed E-state index contributed by atoms with van der Waals surface area (Å²) in [7, 11) is 0. The summed E-state index contributed by atoms with van der Waals surface area (Å²) in [5.41, 5.74) is 17.9. The average Bonchev–Trinajstić information content (AvgIpc) is 3.60. The molecule has 0 N–H and O–H groups in total. The Balaban J connectivity index is 1.02. The third kappa shape index (κ3) is 4.42. The number of nitrogens with zero attached hydrogens (tertiary/aromatic N) is 1. The molecule has 0 unspecified atom stereocenters. The fourth-order valence-corrected chi connectivity index (χ4v) is 9.20. The molecule has 0 heterocycles. The van der Waals surface area contributed by atoms with E-state index < -0.39 is 0 Å². The molecule has 0 bridgehead atoms. The Morgan fingerprint density at radius 3 is 1.65 bits per heavy atom. The van der Waals surface area contributed by atoms with Gasteiger partial charge in [0, 0.05) is 27.6 Å². The van der Waals surface area contributed by atoms with Gasteiger partial charge < -0.3 is 4.90 Å². The van der Waals surface area contributed by atoms with Crippen LogP contribution in [-0.4, -0.2) is 0 Å². The van der Waals surface area contributed by atoms with Crippen molar-refractivity contribution in [3.8, 4) is 33.4 Å². The molecule has 0 aliphatic heterocycles. The van der Waals surface area contributed by atoms with Crippen molar-refractivity contribution < 1.29 is 0 Å². The molecule has 0 saturated heterocycles. The molecular weight excluding hydrogens is 627 g/mol. The number of hydrogen-bond acceptors (Lipinski definition) is 1.